The van der Waals surface area contributed by atoms with Crippen molar-refractivity contribution in [3.05, 3.63) is 63.7 Å². The molecule has 0 saturated heterocycles. The van der Waals surface area contributed by atoms with Crippen molar-refractivity contribution in [3.8, 4) is 5.75 Å². The van der Waals surface area contributed by atoms with Crippen LogP contribution in [-0.4, -0.2) is 12.9 Å². The molecule has 2 aromatic carbocycles. The van der Waals surface area contributed by atoms with Crippen LogP contribution in [0.3, 0.4) is 0 Å². The van der Waals surface area contributed by atoms with Crippen LogP contribution in [-0.2, 0) is 0 Å². The molecule has 0 N–H and O–H groups in total. The number of hydrogen-bond acceptors (Lipinski definition) is 2. The van der Waals surface area contributed by atoms with Crippen LogP contribution >= 0.6 is 11.6 Å². The molecule has 0 atom stereocenters. The van der Waals surface area contributed by atoms with Crippen molar-refractivity contribution in [1.82, 2.24) is 0 Å². The topological polar surface area (TPSA) is 26.3 Å². The summed E-state index contributed by atoms with van der Waals surface area (Å²) in [5.41, 5.74) is -0.132. The van der Waals surface area contributed by atoms with E-state index in [9.17, 15) is 13.6 Å². The number of benzene rings is 2. The summed E-state index contributed by atoms with van der Waals surface area (Å²) in [6.07, 6.45) is 0. The molecular weight excluding hydrogens is 286 g/mol. The van der Waals surface area contributed by atoms with Crippen LogP contribution in [0.5, 0.6) is 5.75 Å². The summed E-state index contributed by atoms with van der Waals surface area (Å²) in [6.45, 7) is 1.42. The van der Waals surface area contributed by atoms with Crippen molar-refractivity contribution >= 4 is 17.4 Å². The zero-order valence-electron chi connectivity index (χ0n) is 10.8. The molecule has 0 spiro atoms. The molecule has 0 aliphatic rings. The first-order valence-electron chi connectivity index (χ1n) is 5.78. The lowest BCUT2D eigenvalue weighted by Gasteiger charge is -2.09. The van der Waals surface area contributed by atoms with Crippen LogP contribution in [0.4, 0.5) is 8.78 Å². The Labute approximate surface area is 119 Å². The fraction of sp³-hybridized carbons (Fsp3) is 0.133. The van der Waals surface area contributed by atoms with E-state index < -0.39 is 17.4 Å². The van der Waals surface area contributed by atoms with Gasteiger partial charge in [0.15, 0.2) is 5.78 Å². The van der Waals surface area contributed by atoms with Crippen LogP contribution < -0.4 is 4.74 Å². The third-order valence-electron chi connectivity index (χ3n) is 2.90. The number of rotatable bonds is 3. The monoisotopic (exact) mass is 296 g/mol. The Bertz CT molecular complexity index is 684. The summed E-state index contributed by atoms with van der Waals surface area (Å²) in [5.74, 6) is -1.85. The van der Waals surface area contributed by atoms with Gasteiger partial charge >= 0.3 is 0 Å². The molecular formula is C15H11ClF2O2. The van der Waals surface area contributed by atoms with Crippen molar-refractivity contribution < 1.29 is 18.3 Å². The summed E-state index contributed by atoms with van der Waals surface area (Å²) in [5, 5.41) is 0.308. The fourth-order valence-electron chi connectivity index (χ4n) is 1.82. The molecule has 0 heterocycles. The Hall–Kier alpha value is -1.94. The average molecular weight is 297 g/mol. The number of carbonyl (C=O) groups excluding carboxylic acids is 1. The summed E-state index contributed by atoms with van der Waals surface area (Å²) in [4.78, 5) is 12.3. The summed E-state index contributed by atoms with van der Waals surface area (Å²) < 4.78 is 32.4. The van der Waals surface area contributed by atoms with Crippen LogP contribution in [0.2, 0.25) is 5.02 Å². The molecule has 2 nitrogen and oxygen atoms in total. The van der Waals surface area contributed by atoms with Gasteiger partial charge in [0.1, 0.15) is 17.4 Å². The standard InChI is InChI=1S/C15H11ClF2O2/c1-8-5-13(18)10(7-12(8)17)15(19)11-6-9(16)3-4-14(11)20-2/h3-7H,1-2H3. The van der Waals surface area contributed by atoms with Crippen LogP contribution in [0.15, 0.2) is 30.3 Å². The van der Waals surface area contributed by atoms with Gasteiger partial charge in [-0.3, -0.25) is 4.79 Å². The van der Waals surface area contributed by atoms with Crippen LogP contribution in [0.1, 0.15) is 21.5 Å². The van der Waals surface area contributed by atoms with Gasteiger partial charge in [0.2, 0.25) is 0 Å². The van der Waals surface area contributed by atoms with E-state index in [4.69, 9.17) is 16.3 Å². The molecule has 20 heavy (non-hydrogen) atoms. The van der Waals surface area contributed by atoms with Gasteiger partial charge in [-0.15, -0.1) is 0 Å². The second kappa shape index (κ2) is 5.59. The van der Waals surface area contributed by atoms with Gasteiger partial charge in [-0.05, 0) is 42.8 Å². The van der Waals surface area contributed by atoms with Gasteiger partial charge in [-0.2, -0.15) is 0 Å². The Kier molecular flexibility index (Phi) is 4.04. The lowest BCUT2D eigenvalue weighted by molar-refractivity contribution is 0.103. The molecule has 5 heteroatoms. The van der Waals surface area contributed by atoms with Gasteiger partial charge in [0.05, 0.1) is 18.2 Å². The number of ether oxygens (including phenoxy) is 1. The quantitative estimate of drug-likeness (QED) is 0.795. The van der Waals surface area contributed by atoms with E-state index in [1.807, 2.05) is 0 Å². The van der Waals surface area contributed by atoms with Crippen molar-refractivity contribution in [3.63, 3.8) is 0 Å². The number of ketones is 1. The maximum Gasteiger partial charge on any atom is 0.199 e. The van der Waals surface area contributed by atoms with E-state index >= 15 is 0 Å². The smallest absolute Gasteiger partial charge is 0.199 e. The normalized spacial score (nSPS) is 10.4. The number of halogens is 3. The molecule has 0 fully saturated rings. The van der Waals surface area contributed by atoms with Gasteiger partial charge in [-0.25, -0.2) is 8.78 Å². The largest absolute Gasteiger partial charge is 0.496 e. The van der Waals surface area contributed by atoms with Gasteiger partial charge < -0.3 is 4.74 Å². The number of hydrogen-bond donors (Lipinski definition) is 0. The van der Waals surface area contributed by atoms with E-state index in [-0.39, 0.29) is 22.4 Å². The van der Waals surface area contributed by atoms with Crippen molar-refractivity contribution in [2.75, 3.05) is 7.11 Å². The number of methoxy groups -OCH3 is 1. The number of aryl methyl sites for hydroxylation is 1. The summed E-state index contributed by atoms with van der Waals surface area (Å²) >= 11 is 5.83. The lowest BCUT2D eigenvalue weighted by Crippen LogP contribution is -2.07. The van der Waals surface area contributed by atoms with E-state index in [1.54, 1.807) is 6.07 Å². The molecule has 0 aliphatic heterocycles. The first-order chi connectivity index (χ1) is 9.43. The maximum atomic E-state index is 13.8. The zero-order chi connectivity index (χ0) is 14.9. The predicted octanol–water partition coefficient (Wildman–Crippen LogP) is 4.17. The third-order valence-corrected chi connectivity index (χ3v) is 3.13. The summed E-state index contributed by atoms with van der Waals surface area (Å²) in [6, 6.07) is 6.27. The fourth-order valence-corrected chi connectivity index (χ4v) is 2.00. The van der Waals surface area contributed by atoms with Gasteiger partial charge in [-0.1, -0.05) is 11.6 Å². The van der Waals surface area contributed by atoms with Crippen LogP contribution in [0, 0.1) is 18.6 Å². The van der Waals surface area contributed by atoms with Gasteiger partial charge in [0, 0.05) is 5.02 Å². The van der Waals surface area contributed by atoms with Crippen LogP contribution in [0.25, 0.3) is 0 Å². The van der Waals surface area contributed by atoms with E-state index in [2.05, 4.69) is 0 Å². The Balaban J connectivity index is 2.57. The minimum absolute atomic E-state index is 0.0853. The maximum absolute atomic E-state index is 13.8. The van der Waals surface area contributed by atoms with Crippen molar-refractivity contribution in [2.45, 2.75) is 6.92 Å². The first kappa shape index (κ1) is 14.5. The molecule has 0 unspecified atom stereocenters. The highest BCUT2D eigenvalue weighted by Crippen LogP contribution is 2.27. The van der Waals surface area contributed by atoms with E-state index in [0.29, 0.717) is 5.02 Å². The highest BCUT2D eigenvalue weighted by Gasteiger charge is 2.20. The molecule has 104 valence electrons. The molecule has 2 aromatic rings. The highest BCUT2D eigenvalue weighted by molar-refractivity contribution is 6.31. The van der Waals surface area contributed by atoms with E-state index in [0.717, 1.165) is 12.1 Å². The summed E-state index contributed by atoms with van der Waals surface area (Å²) in [7, 11) is 1.38. The molecule has 0 aliphatic carbocycles. The van der Waals surface area contributed by atoms with Gasteiger partial charge in [0.25, 0.3) is 0 Å². The predicted molar refractivity (Wildman–Crippen MR) is 72.5 cm³/mol. The van der Waals surface area contributed by atoms with Crippen molar-refractivity contribution in [1.29, 1.82) is 0 Å². The first-order valence-corrected chi connectivity index (χ1v) is 6.15. The minimum atomic E-state index is -0.782. The minimum Gasteiger partial charge on any atom is -0.496 e. The molecule has 0 bridgehead atoms. The molecule has 2 rings (SSSR count). The van der Waals surface area contributed by atoms with E-state index in [1.165, 1.54) is 26.2 Å². The molecule has 0 radical (unpaired) electrons. The third kappa shape index (κ3) is 2.65. The Morgan fingerprint density at radius 2 is 1.80 bits per heavy atom. The SMILES string of the molecule is COc1ccc(Cl)cc1C(=O)c1cc(F)c(C)cc1F. The second-order valence-corrected chi connectivity index (χ2v) is 4.69. The molecule has 0 amide bonds. The zero-order valence-corrected chi connectivity index (χ0v) is 11.6. The molecule has 0 saturated carbocycles. The molecule has 0 aromatic heterocycles. The Morgan fingerprint density at radius 3 is 2.45 bits per heavy atom. The Morgan fingerprint density at radius 1 is 1.10 bits per heavy atom. The second-order valence-electron chi connectivity index (χ2n) is 4.25. The van der Waals surface area contributed by atoms with Crippen molar-refractivity contribution in [2.24, 2.45) is 0 Å². The average Bonchev–Trinajstić information content (AvgIpc) is 2.42. The lowest BCUT2D eigenvalue weighted by atomic mass is 10.0. The number of carbonyl (C=O) groups is 1. The highest BCUT2D eigenvalue weighted by atomic mass is 35.5.